The lowest BCUT2D eigenvalue weighted by atomic mass is 10.2. The molecule has 126 valence electrons. The normalized spacial score (nSPS) is 10.4. The number of carbonyl (C=O) groups excluding carboxylic acids is 1. The topological polar surface area (TPSA) is 58.1 Å². The van der Waals surface area contributed by atoms with E-state index in [0.717, 1.165) is 11.3 Å². The lowest BCUT2D eigenvalue weighted by Crippen LogP contribution is -2.16. The van der Waals surface area contributed by atoms with Gasteiger partial charge in [-0.2, -0.15) is 0 Å². The van der Waals surface area contributed by atoms with E-state index in [1.807, 2.05) is 49.2 Å². The molecule has 0 aliphatic rings. The average molecular weight is 353 g/mol. The van der Waals surface area contributed by atoms with Crippen molar-refractivity contribution < 1.29 is 4.79 Å². The molecule has 0 atom stereocenters. The Balaban J connectivity index is 1.74. The molecule has 6 heteroatoms. The van der Waals surface area contributed by atoms with Crippen LogP contribution in [0.5, 0.6) is 0 Å². The summed E-state index contributed by atoms with van der Waals surface area (Å²) in [6, 6.07) is 15.1. The van der Waals surface area contributed by atoms with Gasteiger partial charge in [0.2, 0.25) is 0 Å². The number of hydrogen-bond acceptors (Lipinski definition) is 4. The summed E-state index contributed by atoms with van der Waals surface area (Å²) in [5.74, 6) is 0.345. The first kappa shape index (κ1) is 16.9. The maximum atomic E-state index is 12.3. The van der Waals surface area contributed by atoms with Gasteiger partial charge in [-0.1, -0.05) is 29.8 Å². The van der Waals surface area contributed by atoms with Crippen molar-refractivity contribution >= 4 is 34.7 Å². The van der Waals surface area contributed by atoms with E-state index >= 15 is 0 Å². The molecule has 0 bridgehead atoms. The molecule has 3 aromatic rings. The second kappa shape index (κ2) is 7.32. The Labute approximate surface area is 151 Å². The van der Waals surface area contributed by atoms with Crippen LogP contribution in [-0.2, 0) is 0 Å². The number of aromatic nitrogens is 2. The fourth-order valence-corrected chi connectivity index (χ4v) is 2.58. The van der Waals surface area contributed by atoms with Crippen LogP contribution in [0.15, 0.2) is 60.9 Å². The molecule has 2 aromatic carbocycles. The zero-order valence-electron chi connectivity index (χ0n) is 13.9. The van der Waals surface area contributed by atoms with Gasteiger partial charge in [0, 0.05) is 23.4 Å². The second-order valence-corrected chi connectivity index (χ2v) is 6.00. The number of aryl methyl sites for hydroxylation is 1. The van der Waals surface area contributed by atoms with E-state index in [1.54, 1.807) is 24.4 Å². The van der Waals surface area contributed by atoms with Crippen molar-refractivity contribution in [2.24, 2.45) is 0 Å². The summed E-state index contributed by atoms with van der Waals surface area (Å²) in [7, 11) is 1.90. The fraction of sp³-hybridized carbons (Fsp3) is 0.105. The van der Waals surface area contributed by atoms with Crippen molar-refractivity contribution in [3.8, 4) is 0 Å². The number of para-hydroxylation sites is 1. The standard InChI is InChI=1S/C19H17ClN4O/c1-13-10-14(20)8-9-16(13)23-19(25)17-11-22-18(12-21-17)24(2)15-6-4-3-5-7-15/h3-12H,1-2H3,(H,23,25). The van der Waals surface area contributed by atoms with Crippen molar-refractivity contribution in [2.75, 3.05) is 17.3 Å². The second-order valence-electron chi connectivity index (χ2n) is 5.57. The first-order valence-corrected chi connectivity index (χ1v) is 8.11. The van der Waals surface area contributed by atoms with Crippen molar-refractivity contribution in [3.05, 3.63) is 77.2 Å². The van der Waals surface area contributed by atoms with E-state index < -0.39 is 0 Å². The molecule has 1 aromatic heterocycles. The van der Waals surface area contributed by atoms with Gasteiger partial charge >= 0.3 is 0 Å². The van der Waals surface area contributed by atoms with E-state index in [-0.39, 0.29) is 11.6 Å². The largest absolute Gasteiger partial charge is 0.328 e. The van der Waals surface area contributed by atoms with E-state index in [4.69, 9.17) is 11.6 Å². The van der Waals surface area contributed by atoms with Crippen LogP contribution >= 0.6 is 11.6 Å². The zero-order valence-corrected chi connectivity index (χ0v) is 14.7. The molecule has 0 unspecified atom stereocenters. The molecule has 0 saturated heterocycles. The summed E-state index contributed by atoms with van der Waals surface area (Å²) >= 11 is 5.93. The predicted octanol–water partition coefficient (Wildman–Crippen LogP) is 4.46. The van der Waals surface area contributed by atoms with Crippen LogP contribution in [0.1, 0.15) is 16.1 Å². The molecule has 3 rings (SSSR count). The molecule has 0 fully saturated rings. The minimum atomic E-state index is -0.313. The quantitative estimate of drug-likeness (QED) is 0.753. The van der Waals surface area contributed by atoms with Crippen LogP contribution in [0.2, 0.25) is 5.02 Å². The maximum Gasteiger partial charge on any atom is 0.275 e. The monoisotopic (exact) mass is 352 g/mol. The van der Waals surface area contributed by atoms with Crippen molar-refractivity contribution in [1.82, 2.24) is 9.97 Å². The number of nitrogens with one attached hydrogen (secondary N) is 1. The number of carbonyl (C=O) groups is 1. The molecule has 1 heterocycles. The predicted molar refractivity (Wildman–Crippen MR) is 101 cm³/mol. The van der Waals surface area contributed by atoms with Crippen LogP contribution in [0.4, 0.5) is 17.2 Å². The third kappa shape index (κ3) is 3.95. The molecule has 0 radical (unpaired) electrons. The van der Waals surface area contributed by atoms with Crippen molar-refractivity contribution in [1.29, 1.82) is 0 Å². The Morgan fingerprint density at radius 1 is 1.08 bits per heavy atom. The Kier molecular flexibility index (Phi) is 4.95. The lowest BCUT2D eigenvalue weighted by molar-refractivity contribution is 0.102. The molecule has 0 spiro atoms. The highest BCUT2D eigenvalue weighted by atomic mass is 35.5. The summed E-state index contributed by atoms with van der Waals surface area (Å²) in [6.45, 7) is 1.88. The number of nitrogens with zero attached hydrogens (tertiary/aromatic N) is 3. The van der Waals surface area contributed by atoms with Crippen LogP contribution < -0.4 is 10.2 Å². The molecule has 5 nitrogen and oxygen atoms in total. The third-order valence-electron chi connectivity index (χ3n) is 3.79. The molecule has 1 N–H and O–H groups in total. The van der Waals surface area contributed by atoms with Gasteiger partial charge in [-0.3, -0.25) is 4.79 Å². The average Bonchev–Trinajstić information content (AvgIpc) is 2.64. The number of anilines is 3. The Morgan fingerprint density at radius 2 is 1.84 bits per heavy atom. The van der Waals surface area contributed by atoms with Crippen LogP contribution in [0.3, 0.4) is 0 Å². The van der Waals surface area contributed by atoms with Gasteiger partial charge in [0.05, 0.1) is 12.4 Å². The van der Waals surface area contributed by atoms with Gasteiger partial charge in [0.25, 0.3) is 5.91 Å². The zero-order chi connectivity index (χ0) is 17.8. The van der Waals surface area contributed by atoms with Gasteiger partial charge in [-0.15, -0.1) is 0 Å². The minimum Gasteiger partial charge on any atom is -0.328 e. The molecular weight excluding hydrogens is 336 g/mol. The Bertz CT molecular complexity index is 882. The molecule has 0 aliphatic carbocycles. The number of amides is 1. The Hall–Kier alpha value is -2.92. The van der Waals surface area contributed by atoms with E-state index in [1.165, 1.54) is 6.20 Å². The molecular formula is C19H17ClN4O. The van der Waals surface area contributed by atoms with Gasteiger partial charge < -0.3 is 10.2 Å². The van der Waals surface area contributed by atoms with Crippen molar-refractivity contribution in [2.45, 2.75) is 6.92 Å². The molecule has 0 aliphatic heterocycles. The third-order valence-corrected chi connectivity index (χ3v) is 4.03. The van der Waals surface area contributed by atoms with Crippen LogP contribution in [-0.4, -0.2) is 22.9 Å². The Morgan fingerprint density at radius 3 is 2.48 bits per heavy atom. The van der Waals surface area contributed by atoms with E-state index in [9.17, 15) is 4.79 Å². The van der Waals surface area contributed by atoms with Crippen LogP contribution in [0.25, 0.3) is 0 Å². The van der Waals surface area contributed by atoms with Gasteiger partial charge in [-0.25, -0.2) is 9.97 Å². The summed E-state index contributed by atoms with van der Waals surface area (Å²) in [5.41, 5.74) is 2.82. The fourth-order valence-electron chi connectivity index (χ4n) is 2.35. The van der Waals surface area contributed by atoms with Crippen LogP contribution in [0, 0.1) is 6.92 Å². The molecule has 0 saturated carbocycles. The smallest absolute Gasteiger partial charge is 0.275 e. The summed E-state index contributed by atoms with van der Waals surface area (Å²) in [6.07, 6.45) is 3.05. The van der Waals surface area contributed by atoms with Gasteiger partial charge in [0.15, 0.2) is 5.82 Å². The number of benzene rings is 2. The minimum absolute atomic E-state index is 0.250. The molecule has 25 heavy (non-hydrogen) atoms. The number of hydrogen-bond donors (Lipinski definition) is 1. The molecule has 1 amide bonds. The van der Waals surface area contributed by atoms with Gasteiger partial charge in [0.1, 0.15) is 5.69 Å². The first-order chi connectivity index (χ1) is 12.0. The SMILES string of the molecule is Cc1cc(Cl)ccc1NC(=O)c1cnc(N(C)c2ccccc2)cn1. The number of rotatable bonds is 4. The summed E-state index contributed by atoms with van der Waals surface area (Å²) in [4.78, 5) is 22.8. The van der Waals surface area contributed by atoms with E-state index in [0.29, 0.717) is 16.5 Å². The highest BCUT2D eigenvalue weighted by Crippen LogP contribution is 2.21. The van der Waals surface area contributed by atoms with Gasteiger partial charge in [-0.05, 0) is 42.8 Å². The number of halogens is 1. The van der Waals surface area contributed by atoms with Crippen molar-refractivity contribution in [3.63, 3.8) is 0 Å². The highest BCUT2D eigenvalue weighted by molar-refractivity contribution is 6.30. The first-order valence-electron chi connectivity index (χ1n) is 7.73. The maximum absolute atomic E-state index is 12.3. The summed E-state index contributed by atoms with van der Waals surface area (Å²) < 4.78 is 0. The highest BCUT2D eigenvalue weighted by Gasteiger charge is 2.12. The van der Waals surface area contributed by atoms with E-state index in [2.05, 4.69) is 15.3 Å². The summed E-state index contributed by atoms with van der Waals surface area (Å²) in [5, 5.41) is 3.45. The lowest BCUT2D eigenvalue weighted by Gasteiger charge is -2.17.